The number of carbonyl (C=O) groups is 2. The normalized spacial score (nSPS) is 18.4. The van der Waals surface area contributed by atoms with E-state index in [4.69, 9.17) is 0 Å². The maximum absolute atomic E-state index is 11.4. The number of amides is 2. The van der Waals surface area contributed by atoms with Gasteiger partial charge in [0.05, 0.1) is 0 Å². The quantitative estimate of drug-likeness (QED) is 0.924. The van der Waals surface area contributed by atoms with Gasteiger partial charge in [-0.3, -0.25) is 9.59 Å². The highest BCUT2D eigenvalue weighted by molar-refractivity contribution is 5.87. The van der Waals surface area contributed by atoms with E-state index in [1.807, 2.05) is 17.0 Å². The monoisotopic (exact) mass is 289 g/mol. The number of nitrogens with zero attached hydrogens (tertiary/aromatic N) is 2. The lowest BCUT2D eigenvalue weighted by Crippen LogP contribution is -2.38. The third kappa shape index (κ3) is 4.85. The van der Waals surface area contributed by atoms with Crippen LogP contribution in [0.1, 0.15) is 38.7 Å². The fraction of sp³-hybridized carbons (Fsp3) is 0.562. The third-order valence-corrected chi connectivity index (χ3v) is 3.93. The predicted octanol–water partition coefficient (Wildman–Crippen LogP) is 2.23. The number of carbonyl (C=O) groups excluding carboxylic acids is 2. The molecule has 0 aromatic carbocycles. The first kappa shape index (κ1) is 15.5. The van der Waals surface area contributed by atoms with Gasteiger partial charge in [0.1, 0.15) is 5.82 Å². The second kappa shape index (κ2) is 7.20. The Morgan fingerprint density at radius 2 is 2.24 bits per heavy atom. The van der Waals surface area contributed by atoms with Gasteiger partial charge in [-0.1, -0.05) is 0 Å². The molecule has 0 saturated carbocycles. The molecular weight excluding hydrogens is 266 g/mol. The molecule has 1 aromatic heterocycles. The number of pyridine rings is 1. The van der Waals surface area contributed by atoms with Crippen molar-refractivity contribution in [2.45, 2.75) is 39.5 Å². The lowest BCUT2D eigenvalue weighted by molar-refractivity contribution is -0.130. The number of aryl methyl sites for hydroxylation is 1. The Labute approximate surface area is 125 Å². The molecule has 0 bridgehead atoms. The molecule has 0 unspecified atom stereocenters. The zero-order chi connectivity index (χ0) is 15.2. The van der Waals surface area contributed by atoms with Gasteiger partial charge in [0.15, 0.2) is 0 Å². The van der Waals surface area contributed by atoms with Crippen LogP contribution in [0, 0.1) is 5.92 Å². The van der Waals surface area contributed by atoms with E-state index in [9.17, 15) is 9.59 Å². The summed E-state index contributed by atoms with van der Waals surface area (Å²) in [7, 11) is 0. The zero-order valence-electron chi connectivity index (χ0n) is 12.8. The predicted molar refractivity (Wildman–Crippen MR) is 81.8 cm³/mol. The van der Waals surface area contributed by atoms with Gasteiger partial charge in [-0.05, 0) is 49.3 Å². The van der Waals surface area contributed by atoms with E-state index in [0.29, 0.717) is 11.7 Å². The van der Waals surface area contributed by atoms with Crippen molar-refractivity contribution in [3.8, 4) is 0 Å². The molecule has 0 aliphatic carbocycles. The van der Waals surface area contributed by atoms with Crippen LogP contribution in [0.5, 0.6) is 0 Å². The van der Waals surface area contributed by atoms with Crippen molar-refractivity contribution in [1.29, 1.82) is 0 Å². The molecule has 1 aliphatic heterocycles. The number of anilines is 1. The smallest absolute Gasteiger partial charge is 0.222 e. The summed E-state index contributed by atoms with van der Waals surface area (Å²) >= 11 is 0. The molecule has 0 spiro atoms. The van der Waals surface area contributed by atoms with Gasteiger partial charge in [-0.15, -0.1) is 0 Å². The summed E-state index contributed by atoms with van der Waals surface area (Å²) < 4.78 is 0. The molecule has 1 atom stereocenters. The molecule has 114 valence electrons. The Hall–Kier alpha value is -1.91. The summed E-state index contributed by atoms with van der Waals surface area (Å²) in [6, 6.07) is 3.91. The SMILES string of the molecule is CC(=O)Nc1cc(CC[C@H]2CCCN(C(C)=O)C2)ccn1. The molecule has 1 saturated heterocycles. The molecule has 1 aromatic rings. The number of likely N-dealkylation sites (tertiary alicyclic amines) is 1. The zero-order valence-corrected chi connectivity index (χ0v) is 12.8. The molecule has 5 heteroatoms. The number of aromatic nitrogens is 1. The maximum Gasteiger partial charge on any atom is 0.222 e. The first-order chi connectivity index (χ1) is 10.0. The van der Waals surface area contributed by atoms with Crippen molar-refractivity contribution in [2.24, 2.45) is 5.92 Å². The number of rotatable bonds is 4. The summed E-state index contributed by atoms with van der Waals surface area (Å²) in [6.45, 7) is 4.89. The van der Waals surface area contributed by atoms with Crippen LogP contribution in [-0.2, 0) is 16.0 Å². The van der Waals surface area contributed by atoms with E-state index < -0.39 is 0 Å². The Kier molecular flexibility index (Phi) is 5.31. The second-order valence-corrected chi connectivity index (χ2v) is 5.74. The molecule has 1 N–H and O–H groups in total. The summed E-state index contributed by atoms with van der Waals surface area (Å²) in [5.74, 6) is 1.25. The minimum absolute atomic E-state index is 0.107. The average Bonchev–Trinajstić information content (AvgIpc) is 2.45. The van der Waals surface area contributed by atoms with Crippen LogP contribution in [0.25, 0.3) is 0 Å². The Balaban J connectivity index is 1.87. The van der Waals surface area contributed by atoms with Gasteiger partial charge in [-0.25, -0.2) is 4.98 Å². The van der Waals surface area contributed by atoms with E-state index in [1.54, 1.807) is 13.1 Å². The Morgan fingerprint density at radius 1 is 1.43 bits per heavy atom. The first-order valence-electron chi connectivity index (χ1n) is 7.52. The molecule has 2 heterocycles. The lowest BCUT2D eigenvalue weighted by atomic mass is 9.92. The van der Waals surface area contributed by atoms with E-state index >= 15 is 0 Å². The molecule has 0 radical (unpaired) electrons. The van der Waals surface area contributed by atoms with Crippen LogP contribution in [-0.4, -0.2) is 34.8 Å². The van der Waals surface area contributed by atoms with Crippen LogP contribution in [0.2, 0.25) is 0 Å². The first-order valence-corrected chi connectivity index (χ1v) is 7.52. The van der Waals surface area contributed by atoms with Crippen molar-refractivity contribution < 1.29 is 9.59 Å². The van der Waals surface area contributed by atoms with Crippen molar-refractivity contribution in [2.75, 3.05) is 18.4 Å². The largest absolute Gasteiger partial charge is 0.343 e. The van der Waals surface area contributed by atoms with Crippen LogP contribution in [0.4, 0.5) is 5.82 Å². The molecular formula is C16H23N3O2. The van der Waals surface area contributed by atoms with Crippen molar-refractivity contribution >= 4 is 17.6 Å². The number of nitrogens with one attached hydrogen (secondary N) is 1. The molecule has 1 fully saturated rings. The number of hydrogen-bond acceptors (Lipinski definition) is 3. The minimum atomic E-state index is -0.107. The van der Waals surface area contributed by atoms with E-state index in [0.717, 1.165) is 32.4 Å². The number of piperidine rings is 1. The van der Waals surface area contributed by atoms with Gasteiger partial charge in [-0.2, -0.15) is 0 Å². The van der Waals surface area contributed by atoms with E-state index in [-0.39, 0.29) is 11.8 Å². The lowest BCUT2D eigenvalue weighted by Gasteiger charge is -2.32. The molecule has 1 aliphatic rings. The van der Waals surface area contributed by atoms with Gasteiger partial charge in [0.2, 0.25) is 11.8 Å². The summed E-state index contributed by atoms with van der Waals surface area (Å²) in [5.41, 5.74) is 1.17. The van der Waals surface area contributed by atoms with Crippen LogP contribution in [0.15, 0.2) is 18.3 Å². The van der Waals surface area contributed by atoms with E-state index in [1.165, 1.54) is 18.9 Å². The topological polar surface area (TPSA) is 62.3 Å². The standard InChI is InChI=1S/C16H23N3O2/c1-12(20)18-16-10-14(7-8-17-16)5-6-15-4-3-9-19(11-15)13(2)21/h7-8,10,15H,3-6,9,11H2,1-2H3,(H,17,18,20)/t15-/m1/s1. The van der Waals surface area contributed by atoms with Crippen molar-refractivity contribution in [3.05, 3.63) is 23.9 Å². The molecule has 21 heavy (non-hydrogen) atoms. The van der Waals surface area contributed by atoms with Gasteiger partial charge < -0.3 is 10.2 Å². The van der Waals surface area contributed by atoms with Crippen LogP contribution < -0.4 is 5.32 Å². The van der Waals surface area contributed by atoms with Gasteiger partial charge in [0, 0.05) is 33.1 Å². The average molecular weight is 289 g/mol. The van der Waals surface area contributed by atoms with E-state index in [2.05, 4.69) is 10.3 Å². The van der Waals surface area contributed by atoms with Crippen molar-refractivity contribution in [3.63, 3.8) is 0 Å². The fourth-order valence-corrected chi connectivity index (χ4v) is 2.84. The molecule has 5 nitrogen and oxygen atoms in total. The summed E-state index contributed by atoms with van der Waals surface area (Å²) in [6.07, 6.45) is 6.02. The minimum Gasteiger partial charge on any atom is -0.343 e. The highest BCUT2D eigenvalue weighted by Gasteiger charge is 2.21. The Morgan fingerprint density at radius 3 is 2.95 bits per heavy atom. The van der Waals surface area contributed by atoms with Crippen LogP contribution >= 0.6 is 0 Å². The summed E-state index contributed by atoms with van der Waals surface area (Å²) in [4.78, 5) is 28.6. The van der Waals surface area contributed by atoms with Gasteiger partial charge in [0.25, 0.3) is 0 Å². The van der Waals surface area contributed by atoms with Crippen LogP contribution in [0.3, 0.4) is 0 Å². The maximum atomic E-state index is 11.4. The Bertz CT molecular complexity index is 516. The summed E-state index contributed by atoms with van der Waals surface area (Å²) in [5, 5.41) is 2.70. The highest BCUT2D eigenvalue weighted by Crippen LogP contribution is 2.22. The number of hydrogen-bond donors (Lipinski definition) is 1. The molecule has 2 amide bonds. The van der Waals surface area contributed by atoms with Gasteiger partial charge >= 0.3 is 0 Å². The second-order valence-electron chi connectivity index (χ2n) is 5.74. The fourth-order valence-electron chi connectivity index (χ4n) is 2.84. The third-order valence-electron chi connectivity index (χ3n) is 3.93. The highest BCUT2D eigenvalue weighted by atomic mass is 16.2. The van der Waals surface area contributed by atoms with Crippen molar-refractivity contribution in [1.82, 2.24) is 9.88 Å². The molecule has 2 rings (SSSR count).